The molecular weight excluding hydrogens is 332 g/mol. The minimum atomic E-state index is -1.30. The molecule has 0 bridgehead atoms. The molecule has 0 radical (unpaired) electrons. The summed E-state index contributed by atoms with van der Waals surface area (Å²) in [6.07, 6.45) is 0.213. The van der Waals surface area contributed by atoms with E-state index < -0.39 is 12.0 Å². The molecule has 3 rings (SSSR count). The number of ether oxygens (including phenoxy) is 2. The van der Waals surface area contributed by atoms with E-state index in [4.69, 9.17) is 13.9 Å². The summed E-state index contributed by atoms with van der Waals surface area (Å²) in [4.78, 5) is 12.8. The van der Waals surface area contributed by atoms with Gasteiger partial charge in [0.25, 0.3) is 0 Å². The molecular formula is C21H20O5. The number of hydrogen-bond donors (Lipinski definition) is 1. The second-order valence-corrected chi connectivity index (χ2v) is 5.78. The normalized spacial score (nSPS) is 13.0. The van der Waals surface area contributed by atoms with Crippen LogP contribution in [0.4, 0.5) is 0 Å². The molecule has 1 aromatic heterocycles. The van der Waals surface area contributed by atoms with Gasteiger partial charge in [0, 0.05) is 5.56 Å². The van der Waals surface area contributed by atoms with E-state index in [2.05, 4.69) is 0 Å². The van der Waals surface area contributed by atoms with E-state index in [1.165, 1.54) is 13.4 Å². The maximum absolute atomic E-state index is 12.8. The van der Waals surface area contributed by atoms with Gasteiger partial charge in [-0.25, -0.2) is 0 Å². The van der Waals surface area contributed by atoms with E-state index in [-0.39, 0.29) is 5.78 Å². The zero-order valence-corrected chi connectivity index (χ0v) is 14.6. The number of ketones is 1. The zero-order chi connectivity index (χ0) is 18.5. The predicted octanol–water partition coefficient (Wildman–Crippen LogP) is 3.67. The maximum Gasteiger partial charge on any atom is 0.192 e. The van der Waals surface area contributed by atoms with Crippen LogP contribution in [0.1, 0.15) is 27.6 Å². The average Bonchev–Trinajstić information content (AvgIpc) is 3.22. The molecule has 5 nitrogen and oxygen atoms in total. The molecule has 2 unspecified atom stereocenters. The van der Waals surface area contributed by atoms with Crippen molar-refractivity contribution in [2.75, 3.05) is 14.2 Å². The second-order valence-electron chi connectivity index (χ2n) is 5.78. The lowest BCUT2D eigenvalue weighted by Crippen LogP contribution is -2.29. The molecule has 1 N–H and O–H groups in total. The van der Waals surface area contributed by atoms with Crippen molar-refractivity contribution in [1.82, 2.24) is 0 Å². The van der Waals surface area contributed by atoms with Crippen LogP contribution >= 0.6 is 0 Å². The van der Waals surface area contributed by atoms with Gasteiger partial charge >= 0.3 is 0 Å². The number of carbonyl (C=O) groups excluding carboxylic acids is 1. The summed E-state index contributed by atoms with van der Waals surface area (Å²) >= 11 is 0. The second kappa shape index (κ2) is 7.89. The Kier molecular flexibility index (Phi) is 5.39. The standard InChI is InChI=1S/C21H20O5/c1-24-16-11-10-15(13-18(16)25-2)19(17-9-6-12-26-17)21(23)20(22)14-7-4-3-5-8-14/h3-13,19,21,23H,1-2H3. The van der Waals surface area contributed by atoms with Gasteiger partial charge in [-0.2, -0.15) is 0 Å². The molecule has 0 aliphatic heterocycles. The Morgan fingerprint density at radius 3 is 2.31 bits per heavy atom. The first-order valence-electron chi connectivity index (χ1n) is 8.18. The fourth-order valence-electron chi connectivity index (χ4n) is 2.94. The molecule has 0 spiro atoms. The average molecular weight is 352 g/mol. The van der Waals surface area contributed by atoms with Crippen molar-refractivity contribution >= 4 is 5.78 Å². The van der Waals surface area contributed by atoms with Gasteiger partial charge in [0.1, 0.15) is 11.9 Å². The van der Waals surface area contributed by atoms with Crippen LogP contribution in [0.5, 0.6) is 11.5 Å². The van der Waals surface area contributed by atoms with E-state index in [0.717, 1.165) is 0 Å². The highest BCUT2D eigenvalue weighted by Gasteiger charge is 2.32. The van der Waals surface area contributed by atoms with E-state index >= 15 is 0 Å². The lowest BCUT2D eigenvalue weighted by Gasteiger charge is -2.22. The molecule has 2 aromatic carbocycles. The molecule has 26 heavy (non-hydrogen) atoms. The molecule has 134 valence electrons. The molecule has 0 amide bonds. The van der Waals surface area contributed by atoms with Crippen LogP contribution in [0, 0.1) is 0 Å². The first-order valence-corrected chi connectivity index (χ1v) is 8.18. The lowest BCUT2D eigenvalue weighted by atomic mass is 9.86. The minimum Gasteiger partial charge on any atom is -0.493 e. The summed E-state index contributed by atoms with van der Waals surface area (Å²) in [5.41, 5.74) is 1.13. The SMILES string of the molecule is COc1ccc(C(c2ccco2)C(O)C(=O)c2ccccc2)cc1OC. The molecule has 0 saturated carbocycles. The number of rotatable bonds is 7. The third-order valence-corrected chi connectivity index (χ3v) is 4.26. The quantitative estimate of drug-likeness (QED) is 0.657. The van der Waals surface area contributed by atoms with Crippen LogP contribution in [-0.2, 0) is 0 Å². The smallest absolute Gasteiger partial charge is 0.192 e. The number of hydrogen-bond acceptors (Lipinski definition) is 5. The Morgan fingerprint density at radius 2 is 1.69 bits per heavy atom. The number of carbonyl (C=O) groups is 1. The van der Waals surface area contributed by atoms with Gasteiger partial charge < -0.3 is 19.0 Å². The molecule has 0 aliphatic rings. The van der Waals surface area contributed by atoms with Gasteiger partial charge in [0.05, 0.1) is 26.4 Å². The number of aliphatic hydroxyl groups excluding tert-OH is 1. The first kappa shape index (κ1) is 17.8. The fourth-order valence-corrected chi connectivity index (χ4v) is 2.94. The third-order valence-electron chi connectivity index (χ3n) is 4.26. The first-order chi connectivity index (χ1) is 12.7. The Labute approximate surface area is 151 Å². The Morgan fingerprint density at radius 1 is 0.962 bits per heavy atom. The number of aliphatic hydroxyl groups is 1. The van der Waals surface area contributed by atoms with Crippen LogP contribution in [0.25, 0.3) is 0 Å². The molecule has 3 aromatic rings. The van der Waals surface area contributed by atoms with Crippen molar-refractivity contribution in [3.8, 4) is 11.5 Å². The number of methoxy groups -OCH3 is 2. The maximum atomic E-state index is 12.8. The molecule has 0 aliphatic carbocycles. The van der Waals surface area contributed by atoms with Crippen molar-refractivity contribution in [2.45, 2.75) is 12.0 Å². The van der Waals surface area contributed by atoms with Crippen LogP contribution in [0.3, 0.4) is 0 Å². The largest absolute Gasteiger partial charge is 0.493 e. The topological polar surface area (TPSA) is 68.9 Å². The monoisotopic (exact) mass is 352 g/mol. The Hall–Kier alpha value is -3.05. The summed E-state index contributed by atoms with van der Waals surface area (Å²) < 4.78 is 16.1. The van der Waals surface area contributed by atoms with Crippen molar-refractivity contribution in [3.05, 3.63) is 83.8 Å². The lowest BCUT2D eigenvalue weighted by molar-refractivity contribution is 0.0700. The van der Waals surface area contributed by atoms with Gasteiger partial charge in [-0.05, 0) is 29.8 Å². The summed E-state index contributed by atoms with van der Waals surface area (Å²) in [5.74, 6) is 0.535. The highest BCUT2D eigenvalue weighted by molar-refractivity contribution is 6.00. The molecule has 5 heteroatoms. The van der Waals surface area contributed by atoms with Crippen molar-refractivity contribution in [3.63, 3.8) is 0 Å². The number of Topliss-reactive ketones (excluding diaryl/α,β-unsaturated/α-hetero) is 1. The Balaban J connectivity index is 2.03. The van der Waals surface area contributed by atoms with Gasteiger partial charge in [-0.1, -0.05) is 36.4 Å². The summed E-state index contributed by atoms with van der Waals surface area (Å²) in [6, 6.07) is 17.4. The Bertz CT molecular complexity index is 855. The van der Waals surface area contributed by atoms with Crippen LogP contribution in [0.2, 0.25) is 0 Å². The van der Waals surface area contributed by atoms with Gasteiger partial charge in [0.2, 0.25) is 0 Å². The molecule has 0 saturated heterocycles. The van der Waals surface area contributed by atoms with E-state index in [1.807, 2.05) is 6.07 Å². The van der Waals surface area contributed by atoms with E-state index in [9.17, 15) is 9.90 Å². The summed E-state index contributed by atoms with van der Waals surface area (Å²) in [6.45, 7) is 0. The molecule has 1 heterocycles. The molecule has 2 atom stereocenters. The van der Waals surface area contributed by atoms with E-state index in [1.54, 1.807) is 61.7 Å². The molecule has 0 fully saturated rings. The highest BCUT2D eigenvalue weighted by Crippen LogP contribution is 2.36. The van der Waals surface area contributed by atoms with Gasteiger partial charge in [-0.15, -0.1) is 0 Å². The van der Waals surface area contributed by atoms with Crippen molar-refractivity contribution < 1.29 is 23.8 Å². The van der Waals surface area contributed by atoms with Gasteiger partial charge in [-0.3, -0.25) is 4.79 Å². The minimum absolute atomic E-state index is 0.373. The highest BCUT2D eigenvalue weighted by atomic mass is 16.5. The fraction of sp³-hybridized carbons (Fsp3) is 0.190. The summed E-state index contributed by atoms with van der Waals surface area (Å²) in [5, 5.41) is 10.9. The van der Waals surface area contributed by atoms with Gasteiger partial charge in [0.15, 0.2) is 17.3 Å². The van der Waals surface area contributed by atoms with E-state index in [0.29, 0.717) is 28.4 Å². The summed E-state index contributed by atoms with van der Waals surface area (Å²) in [7, 11) is 3.09. The number of benzene rings is 2. The van der Waals surface area contributed by atoms with Crippen LogP contribution < -0.4 is 9.47 Å². The number of furan rings is 1. The van der Waals surface area contributed by atoms with Crippen LogP contribution in [0.15, 0.2) is 71.3 Å². The van der Waals surface area contributed by atoms with Crippen molar-refractivity contribution in [2.24, 2.45) is 0 Å². The third kappa shape index (κ3) is 3.48. The zero-order valence-electron chi connectivity index (χ0n) is 14.6. The van der Waals surface area contributed by atoms with Crippen LogP contribution in [-0.4, -0.2) is 31.2 Å². The predicted molar refractivity (Wildman–Crippen MR) is 96.9 cm³/mol. The van der Waals surface area contributed by atoms with Crippen molar-refractivity contribution in [1.29, 1.82) is 0 Å².